The summed E-state index contributed by atoms with van der Waals surface area (Å²) in [5, 5.41) is 3.13. The highest BCUT2D eigenvalue weighted by molar-refractivity contribution is 7.98. The maximum atomic E-state index is 13.6. The maximum absolute atomic E-state index is 13.6. The lowest BCUT2D eigenvalue weighted by molar-refractivity contribution is -0.137. The van der Waals surface area contributed by atoms with Gasteiger partial charge < -0.3 is 35.1 Å². The molecule has 0 bridgehead atoms. The van der Waals surface area contributed by atoms with Crippen LogP contribution in [0.1, 0.15) is 39.9 Å². The number of nitrogens with zero attached hydrogens (tertiary/aromatic N) is 2. The zero-order valence-corrected chi connectivity index (χ0v) is 29.3. The van der Waals surface area contributed by atoms with E-state index in [1.54, 1.807) is 20.5 Å². The molecule has 5 rings (SSSR count). The number of benzene rings is 3. The number of alkyl halides is 3. The van der Waals surface area contributed by atoms with Gasteiger partial charge in [-0.1, -0.05) is 60.7 Å². The molecule has 262 valence electrons. The van der Waals surface area contributed by atoms with Gasteiger partial charge in [-0.05, 0) is 50.0 Å². The number of methoxy groups -OCH3 is 3. The second kappa shape index (κ2) is 16.1. The SMILES string of the molecule is COC1CN(C)CC(N)(c2ccccc2)C1.COc1cc(C(F)(F)F)cc(SC)c1C(=O)NC1(c2ccccc2)CC(OC)CN(C)C1. The van der Waals surface area contributed by atoms with Crippen molar-refractivity contribution in [2.45, 2.75) is 47.2 Å². The fourth-order valence-electron chi connectivity index (χ4n) is 6.82. The number of rotatable bonds is 8. The molecule has 2 saturated heterocycles. The number of carbonyl (C=O) groups is 1. The molecule has 0 aliphatic carbocycles. The number of hydrogen-bond donors (Lipinski definition) is 2. The average Bonchev–Trinajstić information content (AvgIpc) is 3.07. The number of nitrogens with two attached hydrogens (primary N) is 1. The topological polar surface area (TPSA) is 89.3 Å². The number of likely N-dealkylation sites (N-methyl/N-ethyl adjacent to an activating group) is 2. The van der Waals surface area contributed by atoms with Crippen LogP contribution in [0.2, 0.25) is 0 Å². The number of piperidine rings is 2. The lowest BCUT2D eigenvalue weighted by Gasteiger charge is -2.45. The molecule has 48 heavy (non-hydrogen) atoms. The lowest BCUT2D eigenvalue weighted by Crippen LogP contribution is -2.59. The summed E-state index contributed by atoms with van der Waals surface area (Å²) in [6.45, 7) is 3.08. The molecule has 0 spiro atoms. The molecule has 3 N–H and O–H groups in total. The predicted octanol–water partition coefficient (Wildman–Crippen LogP) is 5.60. The summed E-state index contributed by atoms with van der Waals surface area (Å²) in [6.07, 6.45) is -1.39. The van der Waals surface area contributed by atoms with E-state index < -0.39 is 23.2 Å². The Morgan fingerprint density at radius 1 is 0.875 bits per heavy atom. The van der Waals surface area contributed by atoms with Crippen LogP contribution in [-0.2, 0) is 26.7 Å². The van der Waals surface area contributed by atoms with Crippen LogP contribution >= 0.6 is 11.8 Å². The number of carbonyl (C=O) groups excluding carboxylic acids is 1. The van der Waals surface area contributed by atoms with Gasteiger partial charge in [-0.15, -0.1) is 11.8 Å². The molecule has 4 unspecified atom stereocenters. The Kier molecular flexibility index (Phi) is 12.6. The van der Waals surface area contributed by atoms with Crippen LogP contribution in [0.3, 0.4) is 0 Å². The van der Waals surface area contributed by atoms with Crippen LogP contribution in [0.25, 0.3) is 0 Å². The minimum Gasteiger partial charge on any atom is -0.496 e. The first-order chi connectivity index (χ1) is 22.8. The van der Waals surface area contributed by atoms with Crippen molar-refractivity contribution in [1.82, 2.24) is 15.1 Å². The lowest BCUT2D eigenvalue weighted by atomic mass is 9.80. The minimum atomic E-state index is -4.55. The highest BCUT2D eigenvalue weighted by Gasteiger charge is 2.43. The van der Waals surface area contributed by atoms with Gasteiger partial charge in [0.2, 0.25) is 0 Å². The molecule has 3 aromatic carbocycles. The number of thioether (sulfide) groups is 1. The van der Waals surface area contributed by atoms with Gasteiger partial charge in [0.1, 0.15) is 5.75 Å². The van der Waals surface area contributed by atoms with E-state index >= 15 is 0 Å². The number of hydrogen-bond acceptors (Lipinski definition) is 8. The van der Waals surface area contributed by atoms with Crippen molar-refractivity contribution in [3.63, 3.8) is 0 Å². The number of nitrogens with one attached hydrogen (secondary N) is 1. The van der Waals surface area contributed by atoms with Crippen LogP contribution in [-0.4, -0.2) is 95.8 Å². The third-order valence-electron chi connectivity index (χ3n) is 9.05. The summed E-state index contributed by atoms with van der Waals surface area (Å²) in [5.74, 6) is -0.605. The van der Waals surface area contributed by atoms with E-state index in [4.69, 9.17) is 19.9 Å². The van der Waals surface area contributed by atoms with Crippen LogP contribution < -0.4 is 15.8 Å². The van der Waals surface area contributed by atoms with Gasteiger partial charge in [-0.25, -0.2) is 0 Å². The first kappa shape index (κ1) is 37.7. The highest BCUT2D eigenvalue weighted by Crippen LogP contribution is 2.40. The molecule has 2 fully saturated rings. The van der Waals surface area contributed by atoms with E-state index in [0.29, 0.717) is 19.5 Å². The molecular weight excluding hydrogens is 641 g/mol. The smallest absolute Gasteiger partial charge is 0.416 e. The van der Waals surface area contributed by atoms with Crippen LogP contribution in [0.4, 0.5) is 13.2 Å². The molecule has 2 aliphatic heterocycles. The molecule has 0 saturated carbocycles. The molecule has 3 aromatic rings. The van der Waals surface area contributed by atoms with Crippen molar-refractivity contribution in [1.29, 1.82) is 0 Å². The van der Waals surface area contributed by atoms with Crippen LogP contribution in [0.5, 0.6) is 5.75 Å². The molecule has 2 heterocycles. The second-order valence-electron chi connectivity index (χ2n) is 12.7. The van der Waals surface area contributed by atoms with E-state index in [9.17, 15) is 18.0 Å². The van der Waals surface area contributed by atoms with E-state index in [1.165, 1.54) is 12.7 Å². The molecule has 0 radical (unpaired) electrons. The van der Waals surface area contributed by atoms with Crippen molar-refractivity contribution in [2.24, 2.45) is 5.73 Å². The fourth-order valence-corrected chi connectivity index (χ4v) is 7.47. The number of halogens is 3. The maximum Gasteiger partial charge on any atom is 0.416 e. The Balaban J connectivity index is 0.000000271. The molecule has 12 heteroatoms. The van der Waals surface area contributed by atoms with E-state index in [1.807, 2.05) is 55.6 Å². The van der Waals surface area contributed by atoms with Crippen molar-refractivity contribution in [3.8, 4) is 5.75 Å². The number of amides is 1. The fraction of sp³-hybridized carbons (Fsp3) is 0.472. The zero-order chi connectivity index (χ0) is 35.1. The number of ether oxygens (including phenoxy) is 3. The minimum absolute atomic E-state index is 0.0884. The average molecular weight is 689 g/mol. The van der Waals surface area contributed by atoms with E-state index in [2.05, 4.69) is 34.3 Å². The van der Waals surface area contributed by atoms with Gasteiger partial charge in [-0.2, -0.15) is 13.2 Å². The van der Waals surface area contributed by atoms with Crippen LogP contribution in [0, 0.1) is 0 Å². The molecule has 8 nitrogen and oxygen atoms in total. The van der Waals surface area contributed by atoms with Gasteiger partial charge in [0.25, 0.3) is 5.91 Å². The second-order valence-corrected chi connectivity index (χ2v) is 13.5. The van der Waals surface area contributed by atoms with E-state index in [0.717, 1.165) is 49.0 Å². The molecule has 4 atom stereocenters. The Hall–Kier alpha value is -3.13. The van der Waals surface area contributed by atoms with Crippen molar-refractivity contribution >= 4 is 17.7 Å². The van der Waals surface area contributed by atoms with Gasteiger partial charge in [0, 0.05) is 51.7 Å². The highest BCUT2D eigenvalue weighted by atomic mass is 32.2. The van der Waals surface area contributed by atoms with Gasteiger partial charge in [-0.3, -0.25) is 4.79 Å². The number of likely N-dealkylation sites (tertiary alicyclic amines) is 2. The Labute approximate surface area is 286 Å². The monoisotopic (exact) mass is 688 g/mol. The first-order valence-corrected chi connectivity index (χ1v) is 17.0. The molecular formula is C36H47F3N4O4S. The molecule has 2 aliphatic rings. The Morgan fingerprint density at radius 2 is 1.42 bits per heavy atom. The summed E-state index contributed by atoms with van der Waals surface area (Å²) < 4.78 is 56.4. The van der Waals surface area contributed by atoms with Gasteiger partial charge in [0.05, 0.1) is 41.5 Å². The summed E-state index contributed by atoms with van der Waals surface area (Å²) in [5.41, 5.74) is 6.78. The third-order valence-corrected chi connectivity index (χ3v) is 9.81. The summed E-state index contributed by atoms with van der Waals surface area (Å²) in [7, 11) is 8.69. The molecule has 1 amide bonds. The first-order valence-electron chi connectivity index (χ1n) is 15.8. The van der Waals surface area contributed by atoms with Gasteiger partial charge in [0.15, 0.2) is 0 Å². The zero-order valence-electron chi connectivity index (χ0n) is 28.5. The Morgan fingerprint density at radius 3 is 1.94 bits per heavy atom. The summed E-state index contributed by atoms with van der Waals surface area (Å²) in [4.78, 5) is 18.1. The van der Waals surface area contributed by atoms with E-state index in [-0.39, 0.29) is 34.0 Å². The Bertz CT molecular complexity index is 1470. The van der Waals surface area contributed by atoms with Crippen molar-refractivity contribution in [2.75, 3.05) is 67.9 Å². The third kappa shape index (κ3) is 8.90. The quantitative estimate of drug-likeness (QED) is 0.296. The van der Waals surface area contributed by atoms with Crippen LogP contribution in [0.15, 0.2) is 77.7 Å². The van der Waals surface area contributed by atoms with Crippen molar-refractivity contribution < 1.29 is 32.2 Å². The largest absolute Gasteiger partial charge is 0.496 e. The standard InChI is InChI=1S/C23H27F3N2O3S.C13H20N2O/c1-28-13-17(30-2)12-22(14-28,15-8-6-5-7-9-15)27-21(29)20-18(31-3)10-16(23(24,25)26)11-19(20)32-4;1-15-9-12(16-2)8-13(14,10-15)11-6-4-3-5-7-11/h5-11,17H,12-14H2,1-4H3,(H,27,29);3-7,12H,8-10,14H2,1-2H3. The van der Waals surface area contributed by atoms with Gasteiger partial charge >= 0.3 is 6.18 Å². The summed E-state index contributed by atoms with van der Waals surface area (Å²) in [6, 6.07) is 21.7. The predicted molar refractivity (Wildman–Crippen MR) is 183 cm³/mol. The summed E-state index contributed by atoms with van der Waals surface area (Å²) >= 11 is 1.07. The van der Waals surface area contributed by atoms with Crippen molar-refractivity contribution in [3.05, 3.63) is 95.1 Å². The molecule has 0 aromatic heterocycles. The normalized spacial score (nSPS) is 25.1.